The zero-order valence-electron chi connectivity index (χ0n) is 45.6. The number of aliphatic hydroxyl groups excluding tert-OH is 1. The van der Waals surface area contributed by atoms with Crippen molar-refractivity contribution in [2.45, 2.75) is 283 Å². The van der Waals surface area contributed by atoms with E-state index in [0.29, 0.717) is 17.4 Å². The number of allylic oxidation sites excluding steroid dienone is 7. The Labute approximate surface area is 422 Å². The van der Waals surface area contributed by atoms with Crippen LogP contribution in [0.25, 0.3) is 0 Å². The summed E-state index contributed by atoms with van der Waals surface area (Å²) < 4.78 is 23.3. The van der Waals surface area contributed by atoms with Gasteiger partial charge in [0.2, 0.25) is 5.91 Å². The van der Waals surface area contributed by atoms with Crippen LogP contribution in [0.1, 0.15) is 271 Å². The minimum atomic E-state index is -4.61. The molecule has 400 valence electrons. The molecule has 0 aliphatic heterocycles. The van der Waals surface area contributed by atoms with Gasteiger partial charge < -0.3 is 28.8 Å². The van der Waals surface area contributed by atoms with E-state index in [2.05, 4.69) is 55.6 Å². The van der Waals surface area contributed by atoms with Gasteiger partial charge >= 0.3 is 0 Å². The summed E-state index contributed by atoms with van der Waals surface area (Å²) in [7, 11) is 1.24. The van der Waals surface area contributed by atoms with E-state index >= 15 is 0 Å². The second-order valence-electron chi connectivity index (χ2n) is 21.0. The number of aliphatic hydroxyl groups is 1. The normalized spacial score (nSPS) is 14.3. The summed E-state index contributed by atoms with van der Waals surface area (Å²) in [6.07, 6.45) is 66.3. The molecule has 9 heteroatoms. The summed E-state index contributed by atoms with van der Waals surface area (Å²) in [5.74, 6) is -0.209. The molecule has 0 aliphatic carbocycles. The standard InChI is InChI=1S/C59H113N2O6P/c1-6-8-10-12-14-16-18-20-22-24-25-26-27-28-29-30-31-32-33-34-35-36-37-39-41-43-45-47-49-51-53-59(63)60-57(56-67-68(64,65)66-55-54-61(3,4)5)58(62)52-50-48-46-44-42-40-38-23-21-19-17-15-13-11-9-7-2/h21,23,28-29,42,44,50,52,57-58,62H,6-20,22,24-27,30-41,43,45-49,51,53-56H2,1-5H3,(H-,60,63,64,65)/b23-21+,29-28-,44-42+,52-50+. The molecular formula is C59H113N2O6P. The van der Waals surface area contributed by atoms with Crippen LogP contribution < -0.4 is 10.2 Å². The summed E-state index contributed by atoms with van der Waals surface area (Å²) in [5.41, 5.74) is 0. The van der Waals surface area contributed by atoms with E-state index in [1.165, 1.54) is 205 Å². The van der Waals surface area contributed by atoms with Crippen molar-refractivity contribution in [1.82, 2.24) is 5.32 Å². The number of likely N-dealkylation sites (N-methyl/N-ethyl adjacent to an activating group) is 1. The number of amides is 1. The fraction of sp³-hybridized carbons (Fsp3) is 0.847. The van der Waals surface area contributed by atoms with E-state index in [1.54, 1.807) is 6.08 Å². The van der Waals surface area contributed by atoms with Crippen LogP contribution in [0.5, 0.6) is 0 Å². The van der Waals surface area contributed by atoms with Gasteiger partial charge in [0, 0.05) is 6.42 Å². The molecule has 0 saturated heterocycles. The molecule has 8 nitrogen and oxygen atoms in total. The molecular weight excluding hydrogens is 864 g/mol. The van der Waals surface area contributed by atoms with Crippen molar-refractivity contribution in [3.05, 3.63) is 48.6 Å². The van der Waals surface area contributed by atoms with Crippen LogP contribution >= 0.6 is 7.82 Å². The zero-order valence-corrected chi connectivity index (χ0v) is 46.5. The van der Waals surface area contributed by atoms with Crippen LogP contribution in [-0.4, -0.2) is 68.5 Å². The molecule has 0 aliphatic rings. The third-order valence-electron chi connectivity index (χ3n) is 13.0. The lowest BCUT2D eigenvalue weighted by molar-refractivity contribution is -0.870. The molecule has 0 radical (unpaired) electrons. The number of nitrogens with one attached hydrogen (secondary N) is 1. The highest BCUT2D eigenvalue weighted by molar-refractivity contribution is 7.45. The second kappa shape index (κ2) is 50.4. The molecule has 2 N–H and O–H groups in total. The maximum atomic E-state index is 12.9. The lowest BCUT2D eigenvalue weighted by Crippen LogP contribution is -2.45. The Morgan fingerprint density at radius 2 is 0.824 bits per heavy atom. The first-order valence-electron chi connectivity index (χ1n) is 29.0. The highest BCUT2D eigenvalue weighted by Crippen LogP contribution is 2.38. The smallest absolute Gasteiger partial charge is 0.268 e. The molecule has 0 aromatic heterocycles. The Kier molecular flexibility index (Phi) is 49.3. The Hall–Kier alpha value is -1.54. The average molecular weight is 978 g/mol. The topological polar surface area (TPSA) is 108 Å². The predicted octanol–water partition coefficient (Wildman–Crippen LogP) is 16.9. The van der Waals surface area contributed by atoms with E-state index in [4.69, 9.17) is 9.05 Å². The van der Waals surface area contributed by atoms with Crippen molar-refractivity contribution in [2.24, 2.45) is 0 Å². The van der Waals surface area contributed by atoms with Gasteiger partial charge in [0.15, 0.2) is 0 Å². The van der Waals surface area contributed by atoms with Crippen LogP contribution in [0.3, 0.4) is 0 Å². The van der Waals surface area contributed by atoms with Crippen molar-refractivity contribution in [2.75, 3.05) is 40.9 Å². The number of carbonyl (C=O) groups excluding carboxylic acids is 1. The molecule has 3 atom stereocenters. The summed E-state index contributed by atoms with van der Waals surface area (Å²) in [6.45, 7) is 4.63. The van der Waals surface area contributed by atoms with Crippen LogP contribution in [0.15, 0.2) is 48.6 Å². The van der Waals surface area contributed by atoms with E-state index in [-0.39, 0.29) is 12.5 Å². The van der Waals surface area contributed by atoms with E-state index in [0.717, 1.165) is 44.9 Å². The van der Waals surface area contributed by atoms with Crippen molar-refractivity contribution in [1.29, 1.82) is 0 Å². The lowest BCUT2D eigenvalue weighted by atomic mass is 10.0. The molecule has 0 bridgehead atoms. The summed E-state index contributed by atoms with van der Waals surface area (Å²) >= 11 is 0. The van der Waals surface area contributed by atoms with Gasteiger partial charge in [0.25, 0.3) is 7.82 Å². The minimum Gasteiger partial charge on any atom is -0.756 e. The van der Waals surface area contributed by atoms with Gasteiger partial charge in [-0.2, -0.15) is 0 Å². The van der Waals surface area contributed by atoms with Crippen LogP contribution in [0.4, 0.5) is 0 Å². The average Bonchev–Trinajstić information content (AvgIpc) is 3.30. The monoisotopic (exact) mass is 977 g/mol. The first-order chi connectivity index (χ1) is 33.0. The number of phosphoric acid groups is 1. The van der Waals surface area contributed by atoms with Gasteiger partial charge in [-0.1, -0.05) is 242 Å². The number of unbranched alkanes of at least 4 members (excludes halogenated alkanes) is 34. The maximum Gasteiger partial charge on any atom is 0.268 e. The van der Waals surface area contributed by atoms with Gasteiger partial charge in [0.1, 0.15) is 13.2 Å². The molecule has 0 aromatic carbocycles. The quantitative estimate of drug-likeness (QED) is 0.0272. The molecule has 3 unspecified atom stereocenters. The molecule has 0 saturated carbocycles. The molecule has 0 spiro atoms. The zero-order chi connectivity index (χ0) is 49.9. The van der Waals surface area contributed by atoms with Gasteiger partial charge in [-0.15, -0.1) is 0 Å². The maximum absolute atomic E-state index is 12.9. The SMILES string of the molecule is CCCCCCCC/C=C/CC/C=C/CC/C=C/C(O)C(COP(=O)([O-])OCC[N+](C)(C)C)NC(=O)CCCCCCCCCCCCCCCC/C=C\CCCCCCCCCCCCCC. The van der Waals surface area contributed by atoms with Crippen molar-refractivity contribution in [3.8, 4) is 0 Å². The van der Waals surface area contributed by atoms with Crippen LogP contribution in [-0.2, 0) is 18.4 Å². The Morgan fingerprint density at radius 1 is 0.500 bits per heavy atom. The van der Waals surface area contributed by atoms with Gasteiger partial charge in [-0.3, -0.25) is 9.36 Å². The number of carbonyl (C=O) groups is 1. The molecule has 68 heavy (non-hydrogen) atoms. The van der Waals surface area contributed by atoms with Crippen molar-refractivity contribution >= 4 is 13.7 Å². The van der Waals surface area contributed by atoms with Gasteiger partial charge in [-0.25, -0.2) is 0 Å². The Bertz CT molecular complexity index is 1250. The number of phosphoric ester groups is 1. The molecule has 0 heterocycles. The fourth-order valence-electron chi connectivity index (χ4n) is 8.42. The summed E-state index contributed by atoms with van der Waals surface area (Å²) in [5, 5.41) is 13.8. The molecule has 0 rings (SSSR count). The minimum absolute atomic E-state index is 0.00904. The van der Waals surface area contributed by atoms with E-state index < -0.39 is 26.6 Å². The number of hydrogen-bond donors (Lipinski definition) is 2. The number of hydrogen-bond acceptors (Lipinski definition) is 6. The van der Waals surface area contributed by atoms with E-state index in [9.17, 15) is 19.4 Å². The Morgan fingerprint density at radius 3 is 1.19 bits per heavy atom. The van der Waals surface area contributed by atoms with Gasteiger partial charge in [-0.05, 0) is 70.6 Å². The van der Waals surface area contributed by atoms with Gasteiger partial charge in [0.05, 0.1) is 39.9 Å². The first-order valence-corrected chi connectivity index (χ1v) is 30.5. The highest BCUT2D eigenvalue weighted by atomic mass is 31.2. The predicted molar refractivity (Wildman–Crippen MR) is 293 cm³/mol. The number of quaternary nitrogens is 1. The summed E-state index contributed by atoms with van der Waals surface area (Å²) in [6, 6.07) is -0.910. The summed E-state index contributed by atoms with van der Waals surface area (Å²) in [4.78, 5) is 25.5. The molecule has 0 aromatic rings. The molecule has 0 fully saturated rings. The fourth-order valence-corrected chi connectivity index (χ4v) is 9.14. The second-order valence-corrected chi connectivity index (χ2v) is 22.4. The Balaban J connectivity index is 4.14. The number of nitrogens with zero attached hydrogens (tertiary/aromatic N) is 1. The first kappa shape index (κ1) is 66.5. The van der Waals surface area contributed by atoms with E-state index in [1.807, 2.05) is 27.2 Å². The molecule has 1 amide bonds. The highest BCUT2D eigenvalue weighted by Gasteiger charge is 2.23. The van der Waals surface area contributed by atoms with Crippen LogP contribution in [0.2, 0.25) is 0 Å². The van der Waals surface area contributed by atoms with Crippen molar-refractivity contribution in [3.63, 3.8) is 0 Å². The van der Waals surface area contributed by atoms with Crippen LogP contribution in [0, 0.1) is 0 Å². The van der Waals surface area contributed by atoms with Crippen molar-refractivity contribution < 1.29 is 32.9 Å². The third-order valence-corrected chi connectivity index (χ3v) is 14.0. The third kappa shape index (κ3) is 52.3. The lowest BCUT2D eigenvalue weighted by Gasteiger charge is -2.29. The largest absolute Gasteiger partial charge is 0.756 e. The number of rotatable bonds is 53.